The largest absolute Gasteiger partial charge is 0.375 e. The van der Waals surface area contributed by atoms with Gasteiger partial charge in [0.15, 0.2) is 0 Å². The summed E-state index contributed by atoms with van der Waals surface area (Å²) in [6, 6.07) is 0. The summed E-state index contributed by atoms with van der Waals surface area (Å²) < 4.78 is 5.86. The molecular formula is C13H27N3O. The molecule has 2 aliphatic heterocycles. The quantitative estimate of drug-likeness (QED) is 0.765. The number of ether oxygens (including phenoxy) is 1. The normalized spacial score (nSPS) is 41.6. The third-order valence-corrected chi connectivity index (χ3v) is 4.35. The molecule has 2 heterocycles. The van der Waals surface area contributed by atoms with E-state index < -0.39 is 0 Å². The maximum atomic E-state index is 6.12. The highest BCUT2D eigenvalue weighted by Crippen LogP contribution is 2.33. The summed E-state index contributed by atoms with van der Waals surface area (Å²) in [5.74, 6) is 0. The van der Waals surface area contributed by atoms with Gasteiger partial charge in [-0.05, 0) is 33.7 Å². The maximum absolute atomic E-state index is 6.12. The topological polar surface area (TPSA) is 41.7 Å². The van der Waals surface area contributed by atoms with E-state index in [1.54, 1.807) is 0 Å². The molecule has 2 saturated heterocycles. The Hall–Kier alpha value is -0.160. The van der Waals surface area contributed by atoms with Crippen molar-refractivity contribution in [2.45, 2.75) is 44.4 Å². The van der Waals surface area contributed by atoms with Crippen molar-refractivity contribution in [1.82, 2.24) is 9.80 Å². The van der Waals surface area contributed by atoms with Gasteiger partial charge >= 0.3 is 0 Å². The number of rotatable bonds is 2. The minimum absolute atomic E-state index is 0.179. The third kappa shape index (κ3) is 2.81. The maximum Gasteiger partial charge on any atom is 0.0568 e. The first-order valence-corrected chi connectivity index (χ1v) is 6.85. The molecule has 2 rings (SSSR count). The van der Waals surface area contributed by atoms with Crippen LogP contribution in [-0.2, 0) is 4.74 Å². The van der Waals surface area contributed by atoms with Gasteiger partial charge in [-0.15, -0.1) is 0 Å². The molecule has 4 nitrogen and oxygen atoms in total. The molecule has 2 N–H and O–H groups in total. The molecular weight excluding hydrogens is 214 g/mol. The van der Waals surface area contributed by atoms with Crippen molar-refractivity contribution in [2.75, 3.05) is 39.8 Å². The van der Waals surface area contributed by atoms with E-state index in [-0.39, 0.29) is 5.54 Å². The summed E-state index contributed by atoms with van der Waals surface area (Å²) in [5.41, 5.74) is 6.30. The summed E-state index contributed by atoms with van der Waals surface area (Å²) >= 11 is 0. The van der Waals surface area contributed by atoms with Crippen molar-refractivity contribution in [3.63, 3.8) is 0 Å². The van der Waals surface area contributed by atoms with Gasteiger partial charge in [0.05, 0.1) is 12.2 Å². The lowest BCUT2D eigenvalue weighted by atomic mass is 9.82. The van der Waals surface area contributed by atoms with Crippen molar-refractivity contribution in [2.24, 2.45) is 5.73 Å². The molecule has 17 heavy (non-hydrogen) atoms. The molecule has 0 aliphatic carbocycles. The summed E-state index contributed by atoms with van der Waals surface area (Å²) in [7, 11) is 2.20. The fraction of sp³-hybridized carbons (Fsp3) is 1.00. The van der Waals surface area contributed by atoms with Gasteiger partial charge in [-0.2, -0.15) is 0 Å². The Kier molecular flexibility index (Phi) is 4.08. The molecule has 0 aromatic rings. The first-order chi connectivity index (χ1) is 8.05. The molecule has 0 aromatic carbocycles. The van der Waals surface area contributed by atoms with Gasteiger partial charge in [0, 0.05) is 38.3 Å². The van der Waals surface area contributed by atoms with Crippen LogP contribution in [-0.4, -0.2) is 67.3 Å². The number of nitrogens with two attached hydrogens (primary N) is 1. The van der Waals surface area contributed by atoms with Crippen LogP contribution in [0.4, 0.5) is 0 Å². The first-order valence-electron chi connectivity index (χ1n) is 6.85. The smallest absolute Gasteiger partial charge is 0.0568 e. The zero-order chi connectivity index (χ0) is 12.5. The number of piperazine rings is 1. The van der Waals surface area contributed by atoms with Crippen LogP contribution in [0.2, 0.25) is 0 Å². The van der Waals surface area contributed by atoms with Crippen LogP contribution in [0.15, 0.2) is 0 Å². The molecule has 0 bridgehead atoms. The van der Waals surface area contributed by atoms with Crippen molar-refractivity contribution in [3.8, 4) is 0 Å². The first kappa shape index (κ1) is 13.3. The van der Waals surface area contributed by atoms with Crippen molar-refractivity contribution < 1.29 is 4.74 Å². The van der Waals surface area contributed by atoms with Gasteiger partial charge in [0.2, 0.25) is 0 Å². The Balaban J connectivity index is 2.07. The van der Waals surface area contributed by atoms with E-state index in [9.17, 15) is 0 Å². The van der Waals surface area contributed by atoms with E-state index in [0.29, 0.717) is 12.2 Å². The standard InChI is InChI=1S/C13H27N3O/c1-11-8-13(10-14,9-12(2)17-11)16-6-4-15(3)5-7-16/h11-12H,4-10,14H2,1-3H3. The number of likely N-dealkylation sites (N-methyl/N-ethyl adjacent to an activating group) is 1. The highest BCUT2D eigenvalue weighted by Gasteiger charge is 2.42. The Morgan fingerprint density at radius 1 is 1.12 bits per heavy atom. The minimum Gasteiger partial charge on any atom is -0.375 e. The molecule has 2 unspecified atom stereocenters. The fourth-order valence-electron chi connectivity index (χ4n) is 3.48. The average Bonchev–Trinajstić information content (AvgIpc) is 2.28. The van der Waals surface area contributed by atoms with Crippen LogP contribution in [0.1, 0.15) is 26.7 Å². The third-order valence-electron chi connectivity index (χ3n) is 4.35. The van der Waals surface area contributed by atoms with Crippen LogP contribution in [0.3, 0.4) is 0 Å². The van der Waals surface area contributed by atoms with Crippen molar-refractivity contribution in [1.29, 1.82) is 0 Å². The minimum atomic E-state index is 0.179. The second-order valence-electron chi connectivity index (χ2n) is 5.88. The highest BCUT2D eigenvalue weighted by atomic mass is 16.5. The Labute approximate surface area is 105 Å². The molecule has 4 heteroatoms. The van der Waals surface area contributed by atoms with E-state index in [4.69, 9.17) is 10.5 Å². The second kappa shape index (κ2) is 5.22. The summed E-state index contributed by atoms with van der Waals surface area (Å²) in [6.07, 6.45) is 2.83. The molecule has 0 radical (unpaired) electrons. The summed E-state index contributed by atoms with van der Waals surface area (Å²) in [6.45, 7) is 9.72. The van der Waals surface area contributed by atoms with E-state index in [1.807, 2.05) is 0 Å². The summed E-state index contributed by atoms with van der Waals surface area (Å²) in [4.78, 5) is 5.01. The van der Waals surface area contributed by atoms with E-state index in [0.717, 1.165) is 45.6 Å². The molecule has 2 atom stereocenters. The molecule has 100 valence electrons. The van der Waals surface area contributed by atoms with Gasteiger partial charge in [-0.1, -0.05) is 0 Å². The van der Waals surface area contributed by atoms with Crippen LogP contribution in [0, 0.1) is 0 Å². The lowest BCUT2D eigenvalue weighted by Gasteiger charge is -2.51. The zero-order valence-electron chi connectivity index (χ0n) is 11.5. The number of hydrogen-bond acceptors (Lipinski definition) is 4. The van der Waals surface area contributed by atoms with Crippen LogP contribution in [0.25, 0.3) is 0 Å². The summed E-state index contributed by atoms with van der Waals surface area (Å²) in [5, 5.41) is 0. The van der Waals surface area contributed by atoms with Gasteiger partial charge in [0.25, 0.3) is 0 Å². The van der Waals surface area contributed by atoms with Gasteiger partial charge in [-0.25, -0.2) is 0 Å². The molecule has 0 aromatic heterocycles. The molecule has 0 amide bonds. The predicted molar refractivity (Wildman–Crippen MR) is 70.1 cm³/mol. The fourth-order valence-corrected chi connectivity index (χ4v) is 3.48. The van der Waals surface area contributed by atoms with Gasteiger partial charge < -0.3 is 15.4 Å². The van der Waals surface area contributed by atoms with E-state index in [2.05, 4.69) is 30.7 Å². The Bertz CT molecular complexity index is 241. The van der Waals surface area contributed by atoms with Crippen LogP contribution >= 0.6 is 0 Å². The average molecular weight is 241 g/mol. The second-order valence-corrected chi connectivity index (χ2v) is 5.88. The van der Waals surface area contributed by atoms with Crippen LogP contribution < -0.4 is 5.73 Å². The lowest BCUT2D eigenvalue weighted by molar-refractivity contribution is -0.110. The Morgan fingerprint density at radius 3 is 2.12 bits per heavy atom. The monoisotopic (exact) mass is 241 g/mol. The van der Waals surface area contributed by atoms with E-state index in [1.165, 1.54) is 0 Å². The van der Waals surface area contributed by atoms with Gasteiger partial charge in [0.1, 0.15) is 0 Å². The van der Waals surface area contributed by atoms with Crippen molar-refractivity contribution in [3.05, 3.63) is 0 Å². The number of nitrogens with zero attached hydrogens (tertiary/aromatic N) is 2. The molecule has 0 spiro atoms. The molecule has 2 fully saturated rings. The highest BCUT2D eigenvalue weighted by molar-refractivity contribution is 4.99. The number of hydrogen-bond donors (Lipinski definition) is 1. The molecule has 0 saturated carbocycles. The molecule has 2 aliphatic rings. The van der Waals surface area contributed by atoms with E-state index >= 15 is 0 Å². The SMILES string of the molecule is CC1CC(CN)(N2CCN(C)CC2)CC(C)O1. The zero-order valence-corrected chi connectivity index (χ0v) is 11.5. The van der Waals surface area contributed by atoms with Crippen LogP contribution in [0.5, 0.6) is 0 Å². The van der Waals surface area contributed by atoms with Gasteiger partial charge in [-0.3, -0.25) is 4.90 Å². The Morgan fingerprint density at radius 2 is 1.65 bits per heavy atom. The predicted octanol–water partition coefficient (Wildman–Crippen LogP) is 0.519. The lowest BCUT2D eigenvalue weighted by Crippen LogP contribution is -2.63. The van der Waals surface area contributed by atoms with Crippen molar-refractivity contribution >= 4 is 0 Å².